The molecular formula is C12H7N3. The summed E-state index contributed by atoms with van der Waals surface area (Å²) in [6, 6.07) is 11.8. The van der Waals surface area contributed by atoms with E-state index in [4.69, 9.17) is 5.26 Å². The lowest BCUT2D eigenvalue weighted by atomic mass is 10.1. The lowest BCUT2D eigenvalue weighted by molar-refractivity contribution is 1.25. The van der Waals surface area contributed by atoms with Crippen molar-refractivity contribution in [2.75, 3.05) is 0 Å². The minimum atomic E-state index is 0.671. The average Bonchev–Trinajstić information content (AvgIpc) is 2.76. The number of nitriles is 1. The highest BCUT2D eigenvalue weighted by Crippen LogP contribution is 2.20. The zero-order chi connectivity index (χ0) is 10.3. The van der Waals surface area contributed by atoms with Crippen LogP contribution in [0.15, 0.2) is 42.7 Å². The van der Waals surface area contributed by atoms with Gasteiger partial charge in [-0.3, -0.25) is 4.40 Å². The summed E-state index contributed by atoms with van der Waals surface area (Å²) in [5, 5.41) is 10.0. The van der Waals surface area contributed by atoms with Gasteiger partial charge in [-0.05, 0) is 12.1 Å². The third kappa shape index (κ3) is 1.02. The number of imidazole rings is 1. The van der Waals surface area contributed by atoms with Crippen LogP contribution in [0.25, 0.3) is 16.6 Å². The number of pyridine rings is 1. The summed E-state index contributed by atoms with van der Waals surface area (Å²) in [5.41, 5.74) is 2.50. The van der Waals surface area contributed by atoms with Crippen LogP contribution in [0.4, 0.5) is 0 Å². The molecular weight excluding hydrogens is 186 g/mol. The number of nitrogens with zero attached hydrogens (tertiary/aromatic N) is 3. The summed E-state index contributed by atoms with van der Waals surface area (Å²) < 4.78 is 1.98. The maximum absolute atomic E-state index is 9.05. The summed E-state index contributed by atoms with van der Waals surface area (Å²) in [6.07, 6.45) is 3.64. The van der Waals surface area contributed by atoms with Gasteiger partial charge >= 0.3 is 0 Å². The van der Waals surface area contributed by atoms with Crippen LogP contribution in [0, 0.1) is 11.3 Å². The van der Waals surface area contributed by atoms with E-state index in [1.807, 2.05) is 40.9 Å². The van der Waals surface area contributed by atoms with Gasteiger partial charge in [0.25, 0.3) is 0 Å². The Kier molecular flexibility index (Phi) is 1.51. The molecule has 1 aromatic carbocycles. The maximum atomic E-state index is 9.05. The van der Waals surface area contributed by atoms with Crippen LogP contribution in [-0.4, -0.2) is 9.38 Å². The molecule has 2 aromatic heterocycles. The highest BCUT2D eigenvalue weighted by molar-refractivity contribution is 5.87. The zero-order valence-corrected chi connectivity index (χ0v) is 7.88. The Bertz CT molecular complexity index is 689. The molecule has 0 aliphatic heterocycles. The number of rotatable bonds is 0. The number of aromatic nitrogens is 2. The second kappa shape index (κ2) is 2.82. The van der Waals surface area contributed by atoms with Gasteiger partial charge < -0.3 is 0 Å². The molecule has 2 heterocycles. The standard InChI is InChI=1S/C12H7N3/c13-8-9-7-12-14-5-6-15(12)11-4-2-1-3-10(9)11/h1-7H. The molecule has 3 rings (SSSR count). The monoisotopic (exact) mass is 193 g/mol. The van der Waals surface area contributed by atoms with Crippen LogP contribution >= 0.6 is 0 Å². The third-order valence-corrected chi connectivity index (χ3v) is 2.52. The highest BCUT2D eigenvalue weighted by atomic mass is 15.0. The van der Waals surface area contributed by atoms with Gasteiger partial charge in [0.05, 0.1) is 17.1 Å². The molecule has 0 saturated carbocycles. The minimum Gasteiger partial charge on any atom is -0.300 e. The molecule has 0 saturated heterocycles. The fourth-order valence-corrected chi connectivity index (χ4v) is 1.84. The fourth-order valence-electron chi connectivity index (χ4n) is 1.84. The molecule has 0 aliphatic rings. The van der Waals surface area contributed by atoms with Crippen molar-refractivity contribution in [3.05, 3.63) is 48.3 Å². The Balaban J connectivity index is 2.66. The average molecular weight is 193 g/mol. The van der Waals surface area contributed by atoms with Crippen molar-refractivity contribution < 1.29 is 0 Å². The van der Waals surface area contributed by atoms with Crippen LogP contribution in [0.3, 0.4) is 0 Å². The molecule has 15 heavy (non-hydrogen) atoms. The number of fused-ring (bicyclic) bond motifs is 3. The summed E-state index contributed by atoms with van der Waals surface area (Å²) in [5.74, 6) is 0. The molecule has 0 N–H and O–H groups in total. The predicted molar refractivity (Wildman–Crippen MR) is 57.4 cm³/mol. The quantitative estimate of drug-likeness (QED) is 0.550. The van der Waals surface area contributed by atoms with E-state index >= 15 is 0 Å². The van der Waals surface area contributed by atoms with E-state index in [2.05, 4.69) is 11.1 Å². The second-order valence-corrected chi connectivity index (χ2v) is 3.34. The molecule has 0 fully saturated rings. The Labute approximate surface area is 86.2 Å². The topological polar surface area (TPSA) is 41.1 Å². The Morgan fingerprint density at radius 2 is 2.13 bits per heavy atom. The van der Waals surface area contributed by atoms with Gasteiger partial charge in [0.1, 0.15) is 5.65 Å². The van der Waals surface area contributed by atoms with E-state index in [-0.39, 0.29) is 0 Å². The highest BCUT2D eigenvalue weighted by Gasteiger charge is 2.05. The SMILES string of the molecule is N#Cc1cc2nccn2c2ccccc12. The molecule has 0 amide bonds. The van der Waals surface area contributed by atoms with Crippen LogP contribution in [0.2, 0.25) is 0 Å². The van der Waals surface area contributed by atoms with Gasteiger partial charge in [-0.2, -0.15) is 5.26 Å². The largest absolute Gasteiger partial charge is 0.300 e. The van der Waals surface area contributed by atoms with E-state index < -0.39 is 0 Å². The van der Waals surface area contributed by atoms with Gasteiger partial charge in [0.15, 0.2) is 0 Å². The number of hydrogen-bond acceptors (Lipinski definition) is 2. The molecule has 70 valence electrons. The summed E-state index contributed by atoms with van der Waals surface area (Å²) in [7, 11) is 0. The first-order valence-electron chi connectivity index (χ1n) is 4.65. The summed E-state index contributed by atoms with van der Waals surface area (Å²) in [6.45, 7) is 0. The number of benzene rings is 1. The van der Waals surface area contributed by atoms with E-state index in [1.165, 1.54) is 0 Å². The smallest absolute Gasteiger partial charge is 0.138 e. The van der Waals surface area contributed by atoms with Crippen molar-refractivity contribution in [2.45, 2.75) is 0 Å². The van der Waals surface area contributed by atoms with Crippen LogP contribution < -0.4 is 0 Å². The van der Waals surface area contributed by atoms with E-state index in [0.717, 1.165) is 16.6 Å². The van der Waals surface area contributed by atoms with Crippen LogP contribution in [-0.2, 0) is 0 Å². The molecule has 0 spiro atoms. The van der Waals surface area contributed by atoms with Crippen molar-refractivity contribution in [1.82, 2.24) is 9.38 Å². The first-order chi connectivity index (χ1) is 7.40. The lowest BCUT2D eigenvalue weighted by Gasteiger charge is -2.03. The molecule has 0 aliphatic carbocycles. The van der Waals surface area contributed by atoms with Crippen molar-refractivity contribution in [3.8, 4) is 6.07 Å². The molecule has 3 aromatic rings. The predicted octanol–water partition coefficient (Wildman–Crippen LogP) is 2.36. The van der Waals surface area contributed by atoms with Gasteiger partial charge in [-0.1, -0.05) is 18.2 Å². The summed E-state index contributed by atoms with van der Waals surface area (Å²) in [4.78, 5) is 4.19. The lowest BCUT2D eigenvalue weighted by Crippen LogP contribution is -1.89. The first-order valence-corrected chi connectivity index (χ1v) is 4.65. The maximum Gasteiger partial charge on any atom is 0.138 e. The van der Waals surface area contributed by atoms with E-state index in [9.17, 15) is 0 Å². The van der Waals surface area contributed by atoms with E-state index in [0.29, 0.717) is 5.56 Å². The minimum absolute atomic E-state index is 0.671. The molecule has 0 atom stereocenters. The van der Waals surface area contributed by atoms with Crippen molar-refractivity contribution in [1.29, 1.82) is 5.26 Å². The van der Waals surface area contributed by atoms with Gasteiger partial charge in [-0.15, -0.1) is 0 Å². The van der Waals surface area contributed by atoms with Crippen molar-refractivity contribution in [2.24, 2.45) is 0 Å². The zero-order valence-electron chi connectivity index (χ0n) is 7.88. The Hall–Kier alpha value is -2.34. The number of hydrogen-bond donors (Lipinski definition) is 0. The summed E-state index contributed by atoms with van der Waals surface area (Å²) >= 11 is 0. The first kappa shape index (κ1) is 8.01. The van der Waals surface area contributed by atoms with Gasteiger partial charge in [0.2, 0.25) is 0 Å². The molecule has 0 bridgehead atoms. The molecule has 0 unspecified atom stereocenters. The van der Waals surface area contributed by atoms with Crippen molar-refractivity contribution >= 4 is 16.6 Å². The van der Waals surface area contributed by atoms with Crippen LogP contribution in [0.5, 0.6) is 0 Å². The Morgan fingerprint density at radius 3 is 3.00 bits per heavy atom. The second-order valence-electron chi connectivity index (χ2n) is 3.34. The molecule has 0 radical (unpaired) electrons. The fraction of sp³-hybridized carbons (Fsp3) is 0. The van der Waals surface area contributed by atoms with Gasteiger partial charge in [0, 0.05) is 17.8 Å². The number of para-hydroxylation sites is 1. The van der Waals surface area contributed by atoms with Crippen LogP contribution in [0.1, 0.15) is 5.56 Å². The third-order valence-electron chi connectivity index (χ3n) is 2.52. The Morgan fingerprint density at radius 1 is 1.27 bits per heavy atom. The molecule has 3 nitrogen and oxygen atoms in total. The molecule has 3 heteroatoms. The van der Waals surface area contributed by atoms with Crippen molar-refractivity contribution in [3.63, 3.8) is 0 Å². The van der Waals surface area contributed by atoms with Gasteiger partial charge in [-0.25, -0.2) is 4.98 Å². The normalized spacial score (nSPS) is 10.6. The van der Waals surface area contributed by atoms with E-state index in [1.54, 1.807) is 6.20 Å².